The van der Waals surface area contributed by atoms with E-state index in [0.717, 1.165) is 22.4 Å². The molecule has 5 rings (SSSR count). The highest BCUT2D eigenvalue weighted by Crippen LogP contribution is 2.22. The van der Waals surface area contributed by atoms with Gasteiger partial charge in [-0.25, -0.2) is 4.68 Å². The fraction of sp³-hybridized carbons (Fsp3) is 0.107. The third-order valence-electron chi connectivity index (χ3n) is 5.51. The number of nitrogens with zero attached hydrogens (tertiary/aromatic N) is 4. The number of carbonyl (C=O) groups is 1. The molecule has 2 aromatic heterocycles. The molecule has 5 aromatic rings. The van der Waals surface area contributed by atoms with Crippen LogP contribution in [0.1, 0.15) is 21.6 Å². The lowest BCUT2D eigenvalue weighted by molar-refractivity contribution is 0.101. The summed E-state index contributed by atoms with van der Waals surface area (Å²) < 4.78 is 9.19. The second-order valence-electron chi connectivity index (χ2n) is 8.25. The summed E-state index contributed by atoms with van der Waals surface area (Å²) in [5, 5.41) is 11.6. The van der Waals surface area contributed by atoms with Crippen molar-refractivity contribution in [2.45, 2.75) is 20.2 Å². The van der Waals surface area contributed by atoms with Gasteiger partial charge in [0.2, 0.25) is 0 Å². The zero-order valence-electron chi connectivity index (χ0n) is 19.3. The maximum Gasteiger partial charge on any atom is 0.277 e. The minimum atomic E-state index is -0.322. The molecule has 0 aliphatic rings. The van der Waals surface area contributed by atoms with E-state index in [-0.39, 0.29) is 12.6 Å². The van der Waals surface area contributed by atoms with Crippen LogP contribution in [0.3, 0.4) is 0 Å². The quantitative estimate of drug-likeness (QED) is 0.335. The zero-order chi connectivity index (χ0) is 24.0. The smallest absolute Gasteiger partial charge is 0.277 e. The Balaban J connectivity index is 1.15. The Morgan fingerprint density at radius 3 is 2.40 bits per heavy atom. The average molecular weight is 464 g/mol. The number of rotatable bonds is 8. The van der Waals surface area contributed by atoms with Crippen LogP contribution in [0.25, 0.3) is 11.1 Å². The molecule has 0 fully saturated rings. The number of anilines is 1. The lowest BCUT2D eigenvalue weighted by atomic mass is 10.1. The summed E-state index contributed by atoms with van der Waals surface area (Å²) in [4.78, 5) is 12.6. The minimum Gasteiger partial charge on any atom is -0.471 e. The van der Waals surface area contributed by atoms with Gasteiger partial charge < -0.3 is 10.1 Å². The molecule has 0 spiro atoms. The molecule has 0 radical (unpaired) electrons. The van der Waals surface area contributed by atoms with Gasteiger partial charge >= 0.3 is 0 Å². The van der Waals surface area contributed by atoms with Crippen LogP contribution in [0.15, 0.2) is 103 Å². The summed E-state index contributed by atoms with van der Waals surface area (Å²) in [7, 11) is 0. The third kappa shape index (κ3) is 5.65. The van der Waals surface area contributed by atoms with Crippen molar-refractivity contribution in [3.8, 4) is 16.9 Å². The fourth-order valence-electron chi connectivity index (χ4n) is 3.76. The van der Waals surface area contributed by atoms with Crippen molar-refractivity contribution in [3.63, 3.8) is 0 Å². The second-order valence-corrected chi connectivity index (χ2v) is 8.25. The van der Waals surface area contributed by atoms with Crippen LogP contribution >= 0.6 is 0 Å². The van der Waals surface area contributed by atoms with Crippen LogP contribution in [0.5, 0.6) is 5.75 Å². The molecule has 7 heteroatoms. The Labute approximate surface area is 203 Å². The maximum atomic E-state index is 12.6. The number of benzene rings is 3. The Kier molecular flexibility index (Phi) is 6.39. The van der Waals surface area contributed by atoms with Crippen LogP contribution < -0.4 is 10.1 Å². The van der Waals surface area contributed by atoms with Gasteiger partial charge in [-0.2, -0.15) is 10.2 Å². The summed E-state index contributed by atoms with van der Waals surface area (Å²) in [6, 6.07) is 29.7. The van der Waals surface area contributed by atoms with Gasteiger partial charge in [-0.1, -0.05) is 72.3 Å². The van der Waals surface area contributed by atoms with Crippen molar-refractivity contribution in [3.05, 3.63) is 120 Å². The van der Waals surface area contributed by atoms with E-state index in [0.29, 0.717) is 18.1 Å². The van der Waals surface area contributed by atoms with Gasteiger partial charge in [0.25, 0.3) is 5.91 Å². The van der Waals surface area contributed by atoms with E-state index in [1.54, 1.807) is 27.7 Å². The number of ether oxygens (including phenoxy) is 1. The largest absolute Gasteiger partial charge is 0.471 e. The second kappa shape index (κ2) is 10.1. The number of aromatic nitrogens is 4. The van der Waals surface area contributed by atoms with Crippen LogP contribution in [0.2, 0.25) is 0 Å². The third-order valence-corrected chi connectivity index (χ3v) is 5.51. The van der Waals surface area contributed by atoms with Gasteiger partial charge in [0, 0.05) is 18.5 Å². The van der Waals surface area contributed by atoms with Gasteiger partial charge in [0.1, 0.15) is 5.75 Å². The Morgan fingerprint density at radius 2 is 1.60 bits per heavy atom. The molecule has 3 aromatic carbocycles. The molecule has 0 bridgehead atoms. The van der Waals surface area contributed by atoms with Crippen molar-refractivity contribution in [1.82, 2.24) is 19.6 Å². The lowest BCUT2D eigenvalue weighted by Crippen LogP contribution is -2.15. The van der Waals surface area contributed by atoms with E-state index in [1.165, 1.54) is 5.56 Å². The van der Waals surface area contributed by atoms with E-state index >= 15 is 0 Å². The van der Waals surface area contributed by atoms with Crippen LogP contribution in [-0.2, 0) is 13.3 Å². The van der Waals surface area contributed by atoms with E-state index in [4.69, 9.17) is 4.74 Å². The highest BCUT2D eigenvalue weighted by Gasteiger charge is 2.12. The number of nitrogens with one attached hydrogen (secondary N) is 1. The first-order chi connectivity index (χ1) is 17.1. The predicted octanol–water partition coefficient (Wildman–Crippen LogP) is 5.39. The van der Waals surface area contributed by atoms with E-state index in [9.17, 15) is 4.79 Å². The number of carbonyl (C=O) groups excluding carboxylic acids is 1. The molecular formula is C28H25N5O2. The highest BCUT2D eigenvalue weighted by molar-refractivity contribution is 6.02. The van der Waals surface area contributed by atoms with Crippen LogP contribution in [0, 0.1) is 6.92 Å². The molecule has 0 saturated heterocycles. The molecule has 35 heavy (non-hydrogen) atoms. The lowest BCUT2D eigenvalue weighted by Gasteiger charge is -2.07. The van der Waals surface area contributed by atoms with Gasteiger partial charge in [0.15, 0.2) is 18.2 Å². The topological polar surface area (TPSA) is 74.0 Å². The predicted molar refractivity (Wildman–Crippen MR) is 135 cm³/mol. The molecule has 0 aliphatic carbocycles. The highest BCUT2D eigenvalue weighted by atomic mass is 16.5. The fourth-order valence-corrected chi connectivity index (χ4v) is 3.76. The Hall–Kier alpha value is -4.65. The van der Waals surface area contributed by atoms with Gasteiger partial charge in [0.05, 0.1) is 6.54 Å². The summed E-state index contributed by atoms with van der Waals surface area (Å²) >= 11 is 0. The summed E-state index contributed by atoms with van der Waals surface area (Å²) in [5.74, 6) is 0.883. The first-order valence-corrected chi connectivity index (χ1v) is 11.3. The first-order valence-electron chi connectivity index (χ1n) is 11.3. The Morgan fingerprint density at radius 1 is 0.829 bits per heavy atom. The van der Waals surface area contributed by atoms with Gasteiger partial charge in [-0.3, -0.25) is 9.48 Å². The van der Waals surface area contributed by atoms with Crippen molar-refractivity contribution < 1.29 is 9.53 Å². The number of hydrogen-bond acceptors (Lipinski definition) is 4. The monoisotopic (exact) mass is 463 g/mol. The van der Waals surface area contributed by atoms with Crippen LogP contribution in [0.4, 0.5) is 5.82 Å². The molecular weight excluding hydrogens is 438 g/mol. The molecule has 0 aliphatic heterocycles. The zero-order valence-corrected chi connectivity index (χ0v) is 19.3. The number of hydrogen-bond donors (Lipinski definition) is 1. The maximum absolute atomic E-state index is 12.6. The molecule has 2 heterocycles. The first kappa shape index (κ1) is 22.2. The molecule has 174 valence electrons. The standard InChI is InChI=1S/C28H25N5O2/c1-21-6-5-7-22(18-21)19-32-17-15-27(31-32)29-28(34)26-14-16-33(30-26)20-35-25-12-10-24(11-13-25)23-8-3-2-4-9-23/h2-18H,19-20H2,1H3,(H,29,31,34). The van der Waals surface area contributed by atoms with Gasteiger partial charge in [-0.05, 0) is 41.8 Å². The van der Waals surface area contributed by atoms with Crippen LogP contribution in [-0.4, -0.2) is 25.5 Å². The molecule has 0 atom stereocenters. The molecule has 0 unspecified atom stereocenters. The van der Waals surface area contributed by atoms with Crippen molar-refractivity contribution in [1.29, 1.82) is 0 Å². The SMILES string of the molecule is Cc1cccc(Cn2ccc(NC(=O)c3ccn(COc4ccc(-c5ccccc5)cc4)n3)n2)c1. The average Bonchev–Trinajstić information content (AvgIpc) is 3.53. The Bertz CT molecular complexity index is 1420. The molecule has 1 amide bonds. The summed E-state index contributed by atoms with van der Waals surface area (Å²) in [5.41, 5.74) is 4.92. The minimum absolute atomic E-state index is 0.198. The van der Waals surface area contributed by atoms with Gasteiger partial charge in [-0.15, -0.1) is 0 Å². The van der Waals surface area contributed by atoms with E-state index in [2.05, 4.69) is 52.8 Å². The summed E-state index contributed by atoms with van der Waals surface area (Å²) in [6.45, 7) is 2.89. The van der Waals surface area contributed by atoms with Crippen molar-refractivity contribution in [2.75, 3.05) is 5.32 Å². The van der Waals surface area contributed by atoms with E-state index in [1.807, 2.05) is 54.7 Å². The van der Waals surface area contributed by atoms with E-state index < -0.39 is 0 Å². The van der Waals surface area contributed by atoms with Crippen molar-refractivity contribution in [2.24, 2.45) is 0 Å². The number of amides is 1. The van der Waals surface area contributed by atoms with Crippen molar-refractivity contribution >= 4 is 11.7 Å². The number of aryl methyl sites for hydroxylation is 1. The molecule has 0 saturated carbocycles. The normalized spacial score (nSPS) is 10.8. The molecule has 7 nitrogen and oxygen atoms in total. The summed E-state index contributed by atoms with van der Waals surface area (Å²) in [6.07, 6.45) is 3.55. The molecule has 1 N–H and O–H groups in total.